The Kier molecular flexibility index (Phi) is 8.65. The van der Waals surface area contributed by atoms with Gasteiger partial charge >= 0.3 is 0 Å². The molecule has 1 unspecified atom stereocenters. The van der Waals surface area contributed by atoms with Gasteiger partial charge in [-0.2, -0.15) is 0 Å². The number of benzene rings is 2. The molecule has 0 radical (unpaired) electrons. The van der Waals surface area contributed by atoms with Crippen molar-refractivity contribution >= 4 is 28.4 Å². The van der Waals surface area contributed by atoms with E-state index in [1.165, 1.54) is 5.56 Å². The number of nitrogen functional groups attached to an aromatic ring is 1. The smallest absolute Gasteiger partial charge is 0.228 e. The number of carbonyl (C=O) groups excluding carboxylic acids is 1. The first-order valence-corrected chi connectivity index (χ1v) is 11.7. The van der Waals surface area contributed by atoms with Crippen LogP contribution in [0.25, 0.3) is 0 Å². The molecule has 0 aromatic heterocycles. The molecular formula is C24H34N3O3S-. The maximum absolute atomic E-state index is 12.2. The topological polar surface area (TPSA) is 89.7 Å². The van der Waals surface area contributed by atoms with Gasteiger partial charge in [0.2, 0.25) is 5.91 Å². The Bertz CT molecular complexity index is 917. The highest BCUT2D eigenvalue weighted by atomic mass is 32.2. The number of anilines is 2. The molecule has 6 nitrogen and oxygen atoms in total. The van der Waals surface area contributed by atoms with E-state index < -0.39 is 11.1 Å². The van der Waals surface area contributed by atoms with E-state index in [9.17, 15) is 13.6 Å². The molecule has 2 aromatic carbocycles. The monoisotopic (exact) mass is 444 g/mol. The number of hydrogen-bond donors (Lipinski definition) is 1. The summed E-state index contributed by atoms with van der Waals surface area (Å²) < 4.78 is 20.7. The summed E-state index contributed by atoms with van der Waals surface area (Å²) >= 11 is -1.98. The number of para-hydroxylation sites is 2. The molecule has 1 atom stereocenters. The van der Waals surface area contributed by atoms with Crippen LogP contribution in [0.1, 0.15) is 37.5 Å². The number of carbonyl (C=O) groups is 1. The molecule has 7 heteroatoms. The minimum absolute atomic E-state index is 0.112. The molecule has 1 aliphatic heterocycles. The molecule has 1 heterocycles. The van der Waals surface area contributed by atoms with Gasteiger partial charge in [-0.3, -0.25) is 9.00 Å². The van der Waals surface area contributed by atoms with Gasteiger partial charge in [0, 0.05) is 37.3 Å². The Morgan fingerprint density at radius 3 is 2.16 bits per heavy atom. The van der Waals surface area contributed by atoms with Crippen molar-refractivity contribution in [3.63, 3.8) is 0 Å². The second-order valence-corrected chi connectivity index (χ2v) is 9.85. The minimum Gasteiger partial charge on any atom is -0.772 e. The molecule has 0 spiro atoms. The Balaban J connectivity index is 0.000000245. The lowest BCUT2D eigenvalue weighted by Gasteiger charge is -2.39. The van der Waals surface area contributed by atoms with E-state index in [1.807, 2.05) is 82.0 Å². The van der Waals surface area contributed by atoms with Gasteiger partial charge in [0.25, 0.3) is 0 Å². The zero-order chi connectivity index (χ0) is 23.2. The number of hydrogen-bond acceptors (Lipinski definition) is 5. The van der Waals surface area contributed by atoms with Crippen LogP contribution >= 0.6 is 0 Å². The molecule has 0 saturated carbocycles. The van der Waals surface area contributed by atoms with Crippen LogP contribution in [0.4, 0.5) is 11.4 Å². The summed E-state index contributed by atoms with van der Waals surface area (Å²) in [4.78, 5) is 16.4. The summed E-state index contributed by atoms with van der Waals surface area (Å²) in [6, 6.07) is 13.6. The van der Waals surface area contributed by atoms with Gasteiger partial charge in [-0.15, -0.1) is 0 Å². The Labute approximate surface area is 188 Å². The van der Waals surface area contributed by atoms with Crippen LogP contribution in [0, 0.1) is 19.3 Å². The average Bonchev–Trinajstić information content (AvgIpc) is 2.70. The van der Waals surface area contributed by atoms with Crippen molar-refractivity contribution in [1.29, 1.82) is 0 Å². The van der Waals surface area contributed by atoms with E-state index >= 15 is 0 Å². The first-order chi connectivity index (χ1) is 14.5. The summed E-state index contributed by atoms with van der Waals surface area (Å²) in [6.07, 6.45) is 0. The van der Waals surface area contributed by atoms with Gasteiger partial charge in [0.05, 0.1) is 11.4 Å². The number of rotatable bonds is 3. The second kappa shape index (κ2) is 10.8. The van der Waals surface area contributed by atoms with Gasteiger partial charge in [-0.05, 0) is 42.7 Å². The molecule has 170 valence electrons. The first kappa shape index (κ1) is 24.9. The molecule has 1 aliphatic rings. The quantitative estimate of drug-likeness (QED) is 0.577. The van der Waals surface area contributed by atoms with Crippen molar-refractivity contribution < 1.29 is 13.6 Å². The normalized spacial score (nSPS) is 15.2. The van der Waals surface area contributed by atoms with Gasteiger partial charge < -0.3 is 20.1 Å². The SMILES string of the molecule is CC(C)(C)C(=O)N1CCN(c2ccccc2N)CC1.Cc1ccc(CS(=O)[O-])cc1C. The molecule has 2 N–H and O–H groups in total. The number of nitrogens with zero attached hydrogens (tertiary/aromatic N) is 2. The van der Waals surface area contributed by atoms with Gasteiger partial charge in [-0.1, -0.05) is 62.2 Å². The highest BCUT2D eigenvalue weighted by Gasteiger charge is 2.29. The van der Waals surface area contributed by atoms with E-state index in [0.717, 1.165) is 48.7 Å². The molecule has 3 rings (SSSR count). The molecule has 0 aliphatic carbocycles. The Hall–Kier alpha value is -2.38. The van der Waals surface area contributed by atoms with Crippen molar-refractivity contribution in [2.24, 2.45) is 5.41 Å². The third kappa shape index (κ3) is 7.36. The van der Waals surface area contributed by atoms with Crippen LogP contribution in [0.5, 0.6) is 0 Å². The molecule has 31 heavy (non-hydrogen) atoms. The summed E-state index contributed by atoms with van der Waals surface area (Å²) in [7, 11) is 0. The molecule has 1 saturated heterocycles. The van der Waals surface area contributed by atoms with Gasteiger partial charge in [-0.25, -0.2) is 0 Å². The van der Waals surface area contributed by atoms with Crippen molar-refractivity contribution in [2.45, 2.75) is 40.4 Å². The zero-order valence-corrected chi connectivity index (χ0v) is 20.0. The zero-order valence-electron chi connectivity index (χ0n) is 19.2. The molecule has 1 amide bonds. The second-order valence-electron chi connectivity index (χ2n) is 8.95. The number of piperazine rings is 1. The van der Waals surface area contributed by atoms with Crippen LogP contribution in [-0.4, -0.2) is 45.7 Å². The Morgan fingerprint density at radius 1 is 1.03 bits per heavy atom. The van der Waals surface area contributed by atoms with Crippen molar-refractivity contribution in [2.75, 3.05) is 36.8 Å². The first-order valence-electron chi connectivity index (χ1n) is 10.5. The third-order valence-corrected chi connectivity index (χ3v) is 5.91. The third-order valence-electron chi connectivity index (χ3n) is 5.34. The largest absolute Gasteiger partial charge is 0.772 e. The van der Waals surface area contributed by atoms with Crippen LogP contribution in [0.2, 0.25) is 0 Å². The van der Waals surface area contributed by atoms with Gasteiger partial charge in [0.1, 0.15) is 0 Å². The number of amides is 1. The predicted molar refractivity (Wildman–Crippen MR) is 128 cm³/mol. The predicted octanol–water partition coefficient (Wildman–Crippen LogP) is 3.65. The van der Waals surface area contributed by atoms with E-state index in [2.05, 4.69) is 4.90 Å². The maximum atomic E-state index is 12.2. The lowest BCUT2D eigenvalue weighted by atomic mass is 9.94. The van der Waals surface area contributed by atoms with E-state index in [1.54, 1.807) is 0 Å². The van der Waals surface area contributed by atoms with E-state index in [4.69, 9.17) is 5.73 Å². The highest BCUT2D eigenvalue weighted by Crippen LogP contribution is 2.25. The fourth-order valence-corrected chi connectivity index (χ4v) is 3.88. The molecular weight excluding hydrogens is 410 g/mol. The summed E-state index contributed by atoms with van der Waals surface area (Å²) in [6.45, 7) is 13.1. The lowest BCUT2D eigenvalue weighted by molar-refractivity contribution is -0.139. The molecule has 0 bridgehead atoms. The van der Waals surface area contributed by atoms with Crippen molar-refractivity contribution in [3.05, 3.63) is 59.2 Å². The van der Waals surface area contributed by atoms with E-state index in [-0.39, 0.29) is 17.1 Å². The number of nitrogens with two attached hydrogens (primary N) is 1. The van der Waals surface area contributed by atoms with Crippen molar-refractivity contribution in [3.8, 4) is 0 Å². The van der Waals surface area contributed by atoms with Crippen LogP contribution in [0.15, 0.2) is 42.5 Å². The summed E-state index contributed by atoms with van der Waals surface area (Å²) in [5.41, 5.74) is 10.8. The van der Waals surface area contributed by atoms with Crippen LogP contribution in [0.3, 0.4) is 0 Å². The molecule has 2 aromatic rings. The summed E-state index contributed by atoms with van der Waals surface area (Å²) in [5.74, 6) is 0.342. The minimum atomic E-state index is -1.98. The van der Waals surface area contributed by atoms with Gasteiger partial charge in [0.15, 0.2) is 0 Å². The Morgan fingerprint density at radius 2 is 1.65 bits per heavy atom. The van der Waals surface area contributed by atoms with E-state index in [0.29, 0.717) is 0 Å². The standard InChI is InChI=1S/C15H23N3O.C9H12O2S/c1-15(2,3)14(19)18-10-8-17(9-11-18)13-7-5-4-6-12(13)16;1-7-3-4-9(5-8(7)2)6-12(10)11/h4-7H,8-11,16H2,1-3H3;3-5H,6H2,1-2H3,(H,10,11)/p-1. The fourth-order valence-electron chi connectivity index (χ4n) is 3.43. The van der Waals surface area contributed by atoms with Crippen LogP contribution < -0.4 is 10.6 Å². The fraction of sp³-hybridized carbons (Fsp3) is 0.458. The molecule has 1 fully saturated rings. The average molecular weight is 445 g/mol. The maximum Gasteiger partial charge on any atom is 0.228 e. The summed E-state index contributed by atoms with van der Waals surface area (Å²) in [5, 5.41) is 0. The van der Waals surface area contributed by atoms with Crippen LogP contribution in [-0.2, 0) is 21.6 Å². The lowest BCUT2D eigenvalue weighted by Crippen LogP contribution is -2.51. The highest BCUT2D eigenvalue weighted by molar-refractivity contribution is 7.78. The van der Waals surface area contributed by atoms with Crippen molar-refractivity contribution in [1.82, 2.24) is 4.90 Å². The number of aryl methyl sites for hydroxylation is 2.